The highest BCUT2D eigenvalue weighted by molar-refractivity contribution is 6.10. The minimum atomic E-state index is -1.22. The highest BCUT2D eigenvalue weighted by atomic mass is 16.2. The highest BCUT2D eigenvalue weighted by Gasteiger charge is 2.49. The molecule has 0 radical (unpaired) electrons. The molecule has 0 aliphatic carbocycles. The van der Waals surface area contributed by atoms with E-state index in [0.29, 0.717) is 16.8 Å². The van der Waals surface area contributed by atoms with Gasteiger partial charge in [0.1, 0.15) is 12.1 Å². The van der Waals surface area contributed by atoms with Gasteiger partial charge in [-0.15, -0.1) is 0 Å². The van der Waals surface area contributed by atoms with Crippen LogP contribution < -0.4 is 10.6 Å². The summed E-state index contributed by atoms with van der Waals surface area (Å²) in [6.07, 6.45) is 0. The van der Waals surface area contributed by atoms with E-state index in [1.807, 2.05) is 25.1 Å². The Bertz CT molecular complexity index is 962. The van der Waals surface area contributed by atoms with Crippen LogP contribution >= 0.6 is 0 Å². The molecule has 0 aromatic heterocycles. The first-order valence-electron chi connectivity index (χ1n) is 8.35. The maximum absolute atomic E-state index is 12.8. The number of amides is 4. The summed E-state index contributed by atoms with van der Waals surface area (Å²) in [5.74, 6) is -1.01. The SMILES string of the molecule is Cc1ccc([C@]2(C)NC(=O)N(CC(=O)Nc3cccc(C#N)c3)C2=O)cc1. The van der Waals surface area contributed by atoms with Crippen LogP contribution in [0.5, 0.6) is 0 Å². The number of rotatable bonds is 4. The van der Waals surface area contributed by atoms with Gasteiger partial charge >= 0.3 is 6.03 Å². The molecule has 4 amide bonds. The lowest BCUT2D eigenvalue weighted by Crippen LogP contribution is -2.42. The fourth-order valence-electron chi connectivity index (χ4n) is 2.93. The summed E-state index contributed by atoms with van der Waals surface area (Å²) in [6.45, 7) is 3.13. The van der Waals surface area contributed by atoms with Gasteiger partial charge in [0, 0.05) is 5.69 Å². The van der Waals surface area contributed by atoms with Crippen LogP contribution in [0.2, 0.25) is 0 Å². The van der Waals surface area contributed by atoms with E-state index < -0.39 is 29.9 Å². The van der Waals surface area contributed by atoms with Gasteiger partial charge in [-0.1, -0.05) is 35.9 Å². The summed E-state index contributed by atoms with van der Waals surface area (Å²) in [5.41, 5.74) is 1.29. The van der Waals surface area contributed by atoms with Crippen molar-refractivity contribution in [2.24, 2.45) is 0 Å². The van der Waals surface area contributed by atoms with Crippen molar-refractivity contribution in [3.05, 3.63) is 65.2 Å². The first-order valence-corrected chi connectivity index (χ1v) is 8.35. The first kappa shape index (κ1) is 18.1. The van der Waals surface area contributed by atoms with Crippen molar-refractivity contribution in [2.45, 2.75) is 19.4 Å². The molecule has 7 heteroatoms. The third-order valence-corrected chi connectivity index (χ3v) is 4.48. The zero-order valence-electron chi connectivity index (χ0n) is 14.9. The van der Waals surface area contributed by atoms with Crippen molar-refractivity contribution >= 4 is 23.5 Å². The Kier molecular flexibility index (Phi) is 4.65. The lowest BCUT2D eigenvalue weighted by atomic mass is 9.91. The Morgan fingerprint density at radius 2 is 1.93 bits per heavy atom. The average Bonchev–Trinajstić information content (AvgIpc) is 2.86. The molecule has 7 nitrogen and oxygen atoms in total. The third-order valence-electron chi connectivity index (χ3n) is 4.48. The minimum Gasteiger partial charge on any atom is -0.324 e. The molecule has 3 rings (SSSR count). The van der Waals surface area contributed by atoms with E-state index in [1.165, 1.54) is 6.07 Å². The van der Waals surface area contributed by atoms with Gasteiger partial charge in [-0.05, 0) is 37.6 Å². The summed E-state index contributed by atoms with van der Waals surface area (Å²) in [6, 6.07) is 15.0. The highest BCUT2D eigenvalue weighted by Crippen LogP contribution is 2.29. The Balaban J connectivity index is 1.74. The molecule has 1 saturated heterocycles. The summed E-state index contributed by atoms with van der Waals surface area (Å²) in [4.78, 5) is 38.3. The zero-order chi connectivity index (χ0) is 19.6. The van der Waals surface area contributed by atoms with Crippen molar-refractivity contribution in [2.75, 3.05) is 11.9 Å². The number of benzene rings is 2. The van der Waals surface area contributed by atoms with Gasteiger partial charge in [-0.3, -0.25) is 14.5 Å². The number of nitriles is 1. The molecule has 0 spiro atoms. The maximum Gasteiger partial charge on any atom is 0.325 e. The van der Waals surface area contributed by atoms with Crippen LogP contribution in [0, 0.1) is 18.3 Å². The quantitative estimate of drug-likeness (QED) is 0.815. The largest absolute Gasteiger partial charge is 0.325 e. The van der Waals surface area contributed by atoms with E-state index >= 15 is 0 Å². The third kappa shape index (κ3) is 3.51. The number of anilines is 1. The molecule has 136 valence electrons. The summed E-state index contributed by atoms with van der Waals surface area (Å²) < 4.78 is 0. The molecule has 1 aliphatic heterocycles. The van der Waals surface area contributed by atoms with Gasteiger partial charge in [0.25, 0.3) is 5.91 Å². The lowest BCUT2D eigenvalue weighted by Gasteiger charge is -2.22. The fourth-order valence-corrected chi connectivity index (χ4v) is 2.93. The molecule has 2 aromatic carbocycles. The van der Waals surface area contributed by atoms with E-state index in [1.54, 1.807) is 37.3 Å². The molecule has 2 N–H and O–H groups in total. The maximum atomic E-state index is 12.8. The van der Waals surface area contributed by atoms with Gasteiger partial charge in [-0.25, -0.2) is 4.79 Å². The molecule has 1 aliphatic rings. The summed E-state index contributed by atoms with van der Waals surface area (Å²) >= 11 is 0. The van der Waals surface area contributed by atoms with Crippen LogP contribution in [0.1, 0.15) is 23.6 Å². The van der Waals surface area contributed by atoms with Crippen molar-refractivity contribution in [1.82, 2.24) is 10.2 Å². The zero-order valence-corrected chi connectivity index (χ0v) is 14.9. The monoisotopic (exact) mass is 362 g/mol. The van der Waals surface area contributed by atoms with Crippen LogP contribution in [0.25, 0.3) is 0 Å². The number of urea groups is 1. The van der Waals surface area contributed by atoms with Crippen LogP contribution in [-0.4, -0.2) is 29.3 Å². The molecular weight excluding hydrogens is 344 g/mol. The number of nitrogens with one attached hydrogen (secondary N) is 2. The summed E-state index contributed by atoms with van der Waals surface area (Å²) in [5, 5.41) is 14.2. The smallest absolute Gasteiger partial charge is 0.324 e. The molecule has 1 atom stereocenters. The van der Waals surface area contributed by atoms with E-state index in [-0.39, 0.29) is 0 Å². The standard InChI is InChI=1S/C20H18N4O3/c1-13-6-8-15(9-7-13)20(2)18(26)24(19(27)23-20)12-17(25)22-16-5-3-4-14(10-16)11-21/h3-10H,12H2,1-2H3,(H,22,25)(H,23,27)/t20-/m0/s1. The van der Waals surface area contributed by atoms with Crippen LogP contribution in [0.4, 0.5) is 10.5 Å². The lowest BCUT2D eigenvalue weighted by molar-refractivity contribution is -0.133. The number of carbonyl (C=O) groups is 3. The predicted octanol–water partition coefficient (Wildman–Crippen LogP) is 2.27. The predicted molar refractivity (Wildman–Crippen MR) is 98.6 cm³/mol. The molecule has 1 fully saturated rings. The topological polar surface area (TPSA) is 102 Å². The number of hydrogen-bond donors (Lipinski definition) is 2. The van der Waals surface area contributed by atoms with Gasteiger partial charge < -0.3 is 10.6 Å². The number of imide groups is 1. The molecule has 0 bridgehead atoms. The molecule has 1 heterocycles. The Morgan fingerprint density at radius 3 is 2.59 bits per heavy atom. The Labute approximate surface area is 156 Å². The first-order chi connectivity index (χ1) is 12.8. The van der Waals surface area contributed by atoms with Crippen LogP contribution in [0.3, 0.4) is 0 Å². The van der Waals surface area contributed by atoms with Crippen molar-refractivity contribution < 1.29 is 14.4 Å². The summed E-state index contributed by atoms with van der Waals surface area (Å²) in [7, 11) is 0. The minimum absolute atomic E-state index is 0.398. The van der Waals surface area contributed by atoms with Crippen molar-refractivity contribution in [3.8, 4) is 6.07 Å². The van der Waals surface area contributed by atoms with Gasteiger partial charge in [-0.2, -0.15) is 5.26 Å². The van der Waals surface area contributed by atoms with E-state index in [9.17, 15) is 14.4 Å². The van der Waals surface area contributed by atoms with Crippen molar-refractivity contribution in [1.29, 1.82) is 5.26 Å². The molecule has 2 aromatic rings. The molecular formula is C20H18N4O3. The van der Waals surface area contributed by atoms with Gasteiger partial charge in [0.2, 0.25) is 5.91 Å². The second-order valence-corrected chi connectivity index (χ2v) is 6.55. The van der Waals surface area contributed by atoms with Gasteiger partial charge in [0.15, 0.2) is 0 Å². The number of hydrogen-bond acceptors (Lipinski definition) is 4. The van der Waals surface area contributed by atoms with Crippen molar-refractivity contribution in [3.63, 3.8) is 0 Å². The molecule has 0 unspecified atom stereocenters. The Hall–Kier alpha value is -3.66. The number of carbonyl (C=O) groups excluding carboxylic acids is 3. The second kappa shape index (κ2) is 6.92. The fraction of sp³-hybridized carbons (Fsp3) is 0.200. The Morgan fingerprint density at radius 1 is 1.22 bits per heavy atom. The normalized spacial score (nSPS) is 18.8. The van der Waals surface area contributed by atoms with E-state index in [4.69, 9.17) is 5.26 Å². The number of aryl methyl sites for hydroxylation is 1. The van der Waals surface area contributed by atoms with E-state index in [0.717, 1.165) is 10.5 Å². The molecule has 27 heavy (non-hydrogen) atoms. The number of nitrogens with zero attached hydrogens (tertiary/aromatic N) is 2. The van der Waals surface area contributed by atoms with Crippen LogP contribution in [0.15, 0.2) is 48.5 Å². The average molecular weight is 362 g/mol. The van der Waals surface area contributed by atoms with E-state index in [2.05, 4.69) is 10.6 Å². The molecule has 0 saturated carbocycles. The van der Waals surface area contributed by atoms with Crippen LogP contribution in [-0.2, 0) is 15.1 Å². The second-order valence-electron chi connectivity index (χ2n) is 6.55. The van der Waals surface area contributed by atoms with Gasteiger partial charge in [0.05, 0.1) is 11.6 Å².